The number of amides is 1. The molecule has 11 heteroatoms. The van der Waals surface area contributed by atoms with Crippen LogP contribution in [-0.4, -0.2) is 62.6 Å². The van der Waals surface area contributed by atoms with Crippen LogP contribution in [-0.2, 0) is 26.0 Å². The number of carbonyl (C=O) groups excluding carboxylic acids is 2. The highest BCUT2D eigenvalue weighted by Crippen LogP contribution is 2.21. The molecule has 3 aromatic rings. The molecule has 1 aromatic heterocycles. The fourth-order valence-corrected chi connectivity index (χ4v) is 6.56. The maximum absolute atomic E-state index is 13.1. The standard InChI is InChI=1S/C26H33N3O6S2/c1-5-14-28(15-6-2)37(32,33)21-11-8-19(9-12-21)24(30)27-26-29(16-17-35-7-3)22-13-10-20(25(31)34-4)18-23(22)36-26/h8-13,18H,5-7,14-17H2,1-4H3. The number of rotatable bonds is 12. The van der Waals surface area contributed by atoms with Crippen LogP contribution in [0, 0.1) is 0 Å². The molecule has 0 N–H and O–H groups in total. The first-order chi connectivity index (χ1) is 17.8. The van der Waals surface area contributed by atoms with Crippen molar-refractivity contribution >= 4 is 43.5 Å². The summed E-state index contributed by atoms with van der Waals surface area (Å²) in [5, 5.41) is 0. The van der Waals surface area contributed by atoms with Gasteiger partial charge in [0.1, 0.15) is 0 Å². The lowest BCUT2D eigenvalue weighted by Gasteiger charge is -2.21. The molecule has 0 saturated carbocycles. The Morgan fingerprint density at radius 1 is 1.00 bits per heavy atom. The molecule has 0 saturated heterocycles. The molecule has 3 rings (SSSR count). The number of sulfonamides is 1. The van der Waals surface area contributed by atoms with Gasteiger partial charge in [-0.3, -0.25) is 4.79 Å². The van der Waals surface area contributed by atoms with Crippen molar-refractivity contribution < 1.29 is 27.5 Å². The zero-order chi connectivity index (χ0) is 27.0. The van der Waals surface area contributed by atoms with Crippen molar-refractivity contribution in [2.75, 3.05) is 33.4 Å². The second kappa shape index (κ2) is 13.1. The van der Waals surface area contributed by atoms with Gasteiger partial charge in [0.05, 0.1) is 34.4 Å². The lowest BCUT2D eigenvalue weighted by Crippen LogP contribution is -2.32. The number of hydrogen-bond donors (Lipinski definition) is 0. The van der Waals surface area contributed by atoms with Gasteiger partial charge >= 0.3 is 5.97 Å². The Bertz CT molecular complexity index is 1400. The summed E-state index contributed by atoms with van der Waals surface area (Å²) in [6, 6.07) is 11.1. The van der Waals surface area contributed by atoms with Crippen molar-refractivity contribution in [2.24, 2.45) is 4.99 Å². The minimum Gasteiger partial charge on any atom is -0.465 e. The van der Waals surface area contributed by atoms with E-state index < -0.39 is 21.9 Å². The van der Waals surface area contributed by atoms with Gasteiger partial charge in [0, 0.05) is 31.8 Å². The van der Waals surface area contributed by atoms with E-state index in [-0.39, 0.29) is 10.5 Å². The summed E-state index contributed by atoms with van der Waals surface area (Å²) in [6.45, 7) is 8.12. The highest BCUT2D eigenvalue weighted by atomic mass is 32.2. The average Bonchev–Trinajstić information content (AvgIpc) is 3.24. The molecule has 0 radical (unpaired) electrons. The van der Waals surface area contributed by atoms with Crippen LogP contribution in [0.5, 0.6) is 0 Å². The summed E-state index contributed by atoms with van der Waals surface area (Å²) in [5.41, 5.74) is 1.50. The SMILES string of the molecule is CCCN(CCC)S(=O)(=O)c1ccc(C(=O)N=c2sc3cc(C(=O)OC)ccc3n2CCOCC)cc1. The van der Waals surface area contributed by atoms with Crippen LogP contribution in [0.1, 0.15) is 54.3 Å². The summed E-state index contributed by atoms with van der Waals surface area (Å²) >= 11 is 1.28. The molecule has 200 valence electrons. The number of carbonyl (C=O) groups is 2. The molecule has 1 heterocycles. The normalized spacial score (nSPS) is 12.4. The Labute approximate surface area is 221 Å². The maximum atomic E-state index is 13.1. The van der Waals surface area contributed by atoms with Gasteiger partial charge in [0.2, 0.25) is 10.0 Å². The molecule has 0 aliphatic carbocycles. The average molecular weight is 548 g/mol. The van der Waals surface area contributed by atoms with Gasteiger partial charge in [0.25, 0.3) is 5.91 Å². The first-order valence-corrected chi connectivity index (χ1v) is 14.5. The Hall–Kier alpha value is -2.86. The minimum absolute atomic E-state index is 0.148. The van der Waals surface area contributed by atoms with E-state index in [1.54, 1.807) is 18.2 Å². The van der Waals surface area contributed by atoms with Crippen LogP contribution in [0.2, 0.25) is 0 Å². The van der Waals surface area contributed by atoms with E-state index in [4.69, 9.17) is 9.47 Å². The van der Waals surface area contributed by atoms with Crippen molar-refractivity contribution in [1.29, 1.82) is 0 Å². The highest BCUT2D eigenvalue weighted by Gasteiger charge is 2.23. The Kier molecular flexibility index (Phi) is 10.2. The number of nitrogens with zero attached hydrogens (tertiary/aromatic N) is 3. The first kappa shape index (κ1) is 28.7. The lowest BCUT2D eigenvalue weighted by molar-refractivity contribution is 0.0600. The van der Waals surface area contributed by atoms with Gasteiger partial charge in [-0.05, 0) is 62.2 Å². The van der Waals surface area contributed by atoms with Crippen molar-refractivity contribution in [1.82, 2.24) is 8.87 Å². The van der Waals surface area contributed by atoms with Gasteiger partial charge in [-0.2, -0.15) is 9.30 Å². The number of hydrogen-bond acceptors (Lipinski definition) is 7. The summed E-state index contributed by atoms with van der Waals surface area (Å²) in [6.07, 6.45) is 1.43. The third-order valence-corrected chi connectivity index (χ3v) is 8.60. The van der Waals surface area contributed by atoms with E-state index >= 15 is 0 Å². The Morgan fingerprint density at radius 3 is 2.24 bits per heavy atom. The third kappa shape index (κ3) is 6.72. The molecular weight excluding hydrogens is 514 g/mol. The Morgan fingerprint density at radius 2 is 1.65 bits per heavy atom. The Balaban J connectivity index is 1.97. The quantitative estimate of drug-likeness (QED) is 0.250. The molecule has 1 amide bonds. The second-order valence-corrected chi connectivity index (χ2v) is 11.2. The van der Waals surface area contributed by atoms with Gasteiger partial charge in [-0.25, -0.2) is 13.2 Å². The zero-order valence-electron chi connectivity index (χ0n) is 21.6. The van der Waals surface area contributed by atoms with Crippen LogP contribution >= 0.6 is 11.3 Å². The minimum atomic E-state index is -3.64. The van der Waals surface area contributed by atoms with Crippen LogP contribution in [0.3, 0.4) is 0 Å². The summed E-state index contributed by atoms with van der Waals surface area (Å²) in [7, 11) is -2.32. The number of ether oxygens (including phenoxy) is 2. The molecule has 0 aliphatic heterocycles. The molecule has 0 aliphatic rings. The van der Waals surface area contributed by atoms with E-state index in [1.807, 2.05) is 25.3 Å². The van der Waals surface area contributed by atoms with Gasteiger partial charge < -0.3 is 14.0 Å². The molecule has 2 aromatic carbocycles. The van der Waals surface area contributed by atoms with Crippen LogP contribution in [0.4, 0.5) is 0 Å². The fourth-order valence-electron chi connectivity index (χ4n) is 3.84. The third-order valence-electron chi connectivity index (χ3n) is 5.65. The molecule has 0 atom stereocenters. The molecule has 0 bridgehead atoms. The molecule has 9 nitrogen and oxygen atoms in total. The molecule has 0 fully saturated rings. The number of aromatic nitrogens is 1. The number of thiazole rings is 1. The van der Waals surface area contributed by atoms with Gasteiger partial charge in [-0.1, -0.05) is 25.2 Å². The van der Waals surface area contributed by atoms with Crippen LogP contribution in [0.25, 0.3) is 10.2 Å². The number of esters is 1. The van der Waals surface area contributed by atoms with E-state index in [1.165, 1.54) is 47.0 Å². The smallest absolute Gasteiger partial charge is 0.337 e. The maximum Gasteiger partial charge on any atom is 0.337 e. The lowest BCUT2D eigenvalue weighted by atomic mass is 10.2. The number of benzene rings is 2. The topological polar surface area (TPSA) is 107 Å². The summed E-state index contributed by atoms with van der Waals surface area (Å²) in [5.74, 6) is -0.940. The summed E-state index contributed by atoms with van der Waals surface area (Å²) < 4.78 is 40.5. The van der Waals surface area contributed by atoms with Gasteiger partial charge in [0.15, 0.2) is 4.80 Å². The molecular formula is C26H33N3O6S2. The predicted molar refractivity (Wildman–Crippen MR) is 143 cm³/mol. The second-order valence-electron chi connectivity index (χ2n) is 8.25. The summed E-state index contributed by atoms with van der Waals surface area (Å²) in [4.78, 5) is 30.0. The number of fused-ring (bicyclic) bond motifs is 1. The zero-order valence-corrected chi connectivity index (χ0v) is 23.2. The molecule has 0 unspecified atom stereocenters. The molecule has 37 heavy (non-hydrogen) atoms. The van der Waals surface area contributed by atoms with E-state index in [2.05, 4.69) is 4.99 Å². The molecule has 0 spiro atoms. The highest BCUT2D eigenvalue weighted by molar-refractivity contribution is 7.89. The van der Waals surface area contributed by atoms with Crippen molar-refractivity contribution in [3.63, 3.8) is 0 Å². The largest absolute Gasteiger partial charge is 0.465 e. The van der Waals surface area contributed by atoms with Gasteiger partial charge in [-0.15, -0.1) is 0 Å². The monoisotopic (exact) mass is 547 g/mol. The fraction of sp³-hybridized carbons (Fsp3) is 0.423. The van der Waals surface area contributed by atoms with Crippen LogP contribution in [0.15, 0.2) is 52.4 Å². The van der Waals surface area contributed by atoms with Crippen molar-refractivity contribution in [2.45, 2.75) is 45.1 Å². The van der Waals surface area contributed by atoms with Crippen molar-refractivity contribution in [3.05, 3.63) is 58.4 Å². The number of methoxy groups -OCH3 is 1. The van der Waals surface area contributed by atoms with Crippen molar-refractivity contribution in [3.8, 4) is 0 Å². The van der Waals surface area contributed by atoms with E-state index in [9.17, 15) is 18.0 Å². The first-order valence-electron chi connectivity index (χ1n) is 12.3. The van der Waals surface area contributed by atoms with E-state index in [0.717, 1.165) is 10.2 Å². The van der Waals surface area contributed by atoms with E-state index in [0.29, 0.717) is 56.1 Å². The predicted octanol–water partition coefficient (Wildman–Crippen LogP) is 4.08. The van der Waals surface area contributed by atoms with Crippen LogP contribution < -0.4 is 4.80 Å².